The van der Waals surface area contributed by atoms with Crippen LogP contribution in [0.5, 0.6) is 0 Å². The lowest BCUT2D eigenvalue weighted by atomic mass is 9.65. The predicted octanol–water partition coefficient (Wildman–Crippen LogP) is 8.94. The third-order valence-electron chi connectivity index (χ3n) is 10.6. The molecule has 3 aliphatic rings. The van der Waals surface area contributed by atoms with Gasteiger partial charge in [-0.2, -0.15) is 13.2 Å². The van der Waals surface area contributed by atoms with E-state index in [2.05, 4.69) is 40.8 Å². The molecule has 0 N–H and O–H groups in total. The van der Waals surface area contributed by atoms with Gasteiger partial charge < -0.3 is 14.1 Å². The summed E-state index contributed by atoms with van der Waals surface area (Å²) < 4.78 is 54.1. The largest absolute Gasteiger partial charge is 0.465 e. The first-order chi connectivity index (χ1) is 19.9. The van der Waals surface area contributed by atoms with E-state index in [0.29, 0.717) is 25.2 Å². The Kier molecular flexibility index (Phi) is 9.99. The molecule has 0 aromatic carbocycles. The van der Waals surface area contributed by atoms with Gasteiger partial charge in [-0.05, 0) is 94.3 Å². The van der Waals surface area contributed by atoms with Gasteiger partial charge in [-0.25, -0.2) is 4.79 Å². The molecule has 3 aliphatic carbocycles. The van der Waals surface area contributed by atoms with Gasteiger partial charge >= 0.3 is 12.1 Å². The topological polar surface area (TPSA) is 72.9 Å². The number of ketones is 1. The zero-order valence-corrected chi connectivity index (χ0v) is 28.5. The van der Waals surface area contributed by atoms with Crippen molar-refractivity contribution in [2.75, 3.05) is 12.0 Å². The molecule has 3 fully saturated rings. The van der Waals surface area contributed by atoms with Crippen molar-refractivity contribution in [3.63, 3.8) is 0 Å². The van der Waals surface area contributed by atoms with Crippen LogP contribution in [0.2, 0.25) is 18.1 Å². The van der Waals surface area contributed by atoms with Crippen LogP contribution in [0, 0.1) is 17.3 Å². The quantitative estimate of drug-likeness (QED) is 0.161. The summed E-state index contributed by atoms with van der Waals surface area (Å²) in [4.78, 5) is 42.3. The van der Waals surface area contributed by atoms with Crippen LogP contribution in [-0.2, 0) is 14.0 Å². The number of Topliss-reactive ketones (excluding diaryl/α,β-unsaturated/α-hetero) is 1. The van der Waals surface area contributed by atoms with Crippen molar-refractivity contribution in [3.8, 4) is 0 Å². The highest BCUT2D eigenvalue weighted by molar-refractivity contribution is 7.16. The van der Waals surface area contributed by atoms with Crippen LogP contribution in [0.1, 0.15) is 118 Å². The third-order valence-corrected chi connectivity index (χ3v) is 16.3. The lowest BCUT2D eigenvalue weighted by Crippen LogP contribution is -2.50. The summed E-state index contributed by atoms with van der Waals surface area (Å²) in [6.07, 6.45) is 1.21. The molecule has 0 aliphatic heterocycles. The molecule has 0 atom stereocenters. The standard InChI is InChI=1S/C32H48F3NO5SSi/c1-20-9-11-21(12-10-20)28(38)36(22-13-15-23(16-14-22)41-43(6,7)30(2,3)4)24-19-25(42-26(24)29(39)40-5)27(37)31(17-8-18-31)32(33,34)35/h19-23H,8-18H2,1-7H3/t20-,21-,22-,23-. The lowest BCUT2D eigenvalue weighted by molar-refractivity contribution is -0.226. The van der Waals surface area contributed by atoms with Crippen LogP contribution < -0.4 is 4.90 Å². The van der Waals surface area contributed by atoms with E-state index >= 15 is 0 Å². The molecule has 0 radical (unpaired) electrons. The summed E-state index contributed by atoms with van der Waals surface area (Å²) >= 11 is 0.723. The van der Waals surface area contributed by atoms with Crippen molar-refractivity contribution in [2.24, 2.45) is 17.3 Å². The minimum absolute atomic E-state index is 0.0136. The number of carbonyl (C=O) groups is 3. The van der Waals surface area contributed by atoms with Crippen molar-refractivity contribution in [2.45, 2.75) is 135 Å². The van der Waals surface area contributed by atoms with Gasteiger partial charge in [0, 0.05) is 18.1 Å². The Morgan fingerprint density at radius 3 is 2.02 bits per heavy atom. The molecule has 0 bridgehead atoms. The zero-order chi connectivity index (χ0) is 32.0. The van der Waals surface area contributed by atoms with Crippen molar-refractivity contribution < 1.29 is 36.7 Å². The van der Waals surface area contributed by atoms with Gasteiger partial charge in [0.1, 0.15) is 10.3 Å². The van der Waals surface area contributed by atoms with Crippen LogP contribution in [0.15, 0.2) is 6.07 Å². The number of hydrogen-bond acceptors (Lipinski definition) is 6. The van der Waals surface area contributed by atoms with Crippen LogP contribution >= 0.6 is 11.3 Å². The van der Waals surface area contributed by atoms with Crippen molar-refractivity contribution in [1.29, 1.82) is 0 Å². The van der Waals surface area contributed by atoms with Gasteiger partial charge in [-0.3, -0.25) is 9.59 Å². The fourth-order valence-corrected chi connectivity index (χ4v) is 9.06. The number of ether oxygens (including phenoxy) is 1. The Morgan fingerprint density at radius 2 is 1.56 bits per heavy atom. The molecule has 11 heteroatoms. The Morgan fingerprint density at radius 1 is 0.977 bits per heavy atom. The van der Waals surface area contributed by atoms with E-state index < -0.39 is 31.7 Å². The average Bonchev–Trinajstić information content (AvgIpc) is 3.32. The van der Waals surface area contributed by atoms with Crippen molar-refractivity contribution in [3.05, 3.63) is 15.8 Å². The van der Waals surface area contributed by atoms with E-state index in [1.54, 1.807) is 4.90 Å². The maximum atomic E-state index is 14.3. The Labute approximate surface area is 259 Å². The van der Waals surface area contributed by atoms with Crippen LogP contribution in [0.4, 0.5) is 18.9 Å². The second-order valence-electron chi connectivity index (χ2n) is 14.6. The summed E-state index contributed by atoms with van der Waals surface area (Å²) in [7, 11) is -0.797. The minimum atomic E-state index is -4.69. The number of rotatable bonds is 8. The maximum absolute atomic E-state index is 14.3. The third kappa shape index (κ3) is 6.78. The molecule has 0 saturated heterocycles. The number of alkyl halides is 3. The number of methoxy groups -OCH3 is 1. The Bertz CT molecular complexity index is 1190. The molecule has 1 aromatic rings. The molecule has 3 saturated carbocycles. The van der Waals surface area contributed by atoms with E-state index in [1.807, 2.05) is 0 Å². The molecule has 242 valence electrons. The fraction of sp³-hybridized carbons (Fsp3) is 0.781. The molecule has 0 unspecified atom stereocenters. The van der Waals surface area contributed by atoms with Gasteiger partial charge in [0.15, 0.2) is 14.1 Å². The van der Waals surface area contributed by atoms with Gasteiger partial charge in [0.2, 0.25) is 5.91 Å². The molecule has 1 aromatic heterocycles. The molecule has 1 amide bonds. The summed E-state index contributed by atoms with van der Waals surface area (Å²) in [6, 6.07) is 1.11. The molecular weight excluding hydrogens is 596 g/mol. The van der Waals surface area contributed by atoms with Gasteiger partial charge in [0.05, 0.1) is 17.7 Å². The molecule has 1 heterocycles. The minimum Gasteiger partial charge on any atom is -0.465 e. The smallest absolute Gasteiger partial charge is 0.401 e. The number of carbonyl (C=O) groups excluding carboxylic acids is 3. The Hall–Kier alpha value is -1.72. The monoisotopic (exact) mass is 643 g/mol. The highest BCUT2D eigenvalue weighted by Crippen LogP contribution is 2.56. The number of hydrogen-bond donors (Lipinski definition) is 0. The SMILES string of the molecule is COC(=O)c1sc(C(=O)C2(C(F)(F)F)CCC2)cc1N(C(=O)[C@H]1CC[C@H](C)CC1)[C@H]1CC[C@H](O[Si](C)(C)C(C)(C)C)CC1. The maximum Gasteiger partial charge on any atom is 0.401 e. The van der Waals surface area contributed by atoms with Gasteiger partial charge in [-0.1, -0.05) is 34.1 Å². The summed E-state index contributed by atoms with van der Waals surface area (Å²) in [6.45, 7) is 13.2. The first-order valence-electron chi connectivity index (χ1n) is 15.8. The number of anilines is 1. The Balaban J connectivity index is 1.69. The predicted molar refractivity (Wildman–Crippen MR) is 165 cm³/mol. The second kappa shape index (κ2) is 12.6. The van der Waals surface area contributed by atoms with E-state index in [0.717, 1.165) is 49.9 Å². The average molecular weight is 644 g/mol. The molecular formula is C32H48F3NO5SSi. The molecule has 6 nitrogen and oxygen atoms in total. The number of amides is 1. The fourth-order valence-electron chi connectivity index (χ4n) is 6.53. The first kappa shape index (κ1) is 34.2. The summed E-state index contributed by atoms with van der Waals surface area (Å²) in [5.74, 6) is -1.60. The normalized spacial score (nSPS) is 26.4. The number of halogens is 3. The highest BCUT2D eigenvalue weighted by atomic mass is 32.1. The van der Waals surface area contributed by atoms with E-state index in [1.165, 1.54) is 13.2 Å². The van der Waals surface area contributed by atoms with Gasteiger partial charge in [0.25, 0.3) is 0 Å². The van der Waals surface area contributed by atoms with E-state index in [4.69, 9.17) is 9.16 Å². The number of thiophene rings is 1. The van der Waals surface area contributed by atoms with Crippen LogP contribution in [0.3, 0.4) is 0 Å². The number of nitrogens with zero attached hydrogens (tertiary/aromatic N) is 1. The lowest BCUT2D eigenvalue weighted by Gasteiger charge is -2.43. The van der Waals surface area contributed by atoms with Crippen molar-refractivity contribution >= 4 is 43.0 Å². The van der Waals surface area contributed by atoms with E-state index in [9.17, 15) is 27.6 Å². The zero-order valence-electron chi connectivity index (χ0n) is 26.7. The summed E-state index contributed by atoms with van der Waals surface area (Å²) in [5.41, 5.74) is -2.22. The molecule has 4 rings (SSSR count). The van der Waals surface area contributed by atoms with Crippen LogP contribution in [-0.4, -0.2) is 51.4 Å². The molecule has 43 heavy (non-hydrogen) atoms. The number of esters is 1. The second-order valence-corrected chi connectivity index (χ2v) is 20.4. The van der Waals surface area contributed by atoms with E-state index in [-0.39, 0.29) is 57.3 Å². The summed E-state index contributed by atoms with van der Waals surface area (Å²) in [5, 5.41) is 0.0627. The first-order valence-corrected chi connectivity index (χ1v) is 19.5. The van der Waals surface area contributed by atoms with Crippen molar-refractivity contribution in [1.82, 2.24) is 0 Å². The van der Waals surface area contributed by atoms with Gasteiger partial charge in [-0.15, -0.1) is 11.3 Å². The highest BCUT2D eigenvalue weighted by Gasteiger charge is 2.63. The molecule has 0 spiro atoms. The van der Waals surface area contributed by atoms with Crippen LogP contribution in [0.25, 0.3) is 0 Å².